The van der Waals surface area contributed by atoms with E-state index in [1.807, 2.05) is 11.8 Å². The van der Waals surface area contributed by atoms with Crippen LogP contribution < -0.4 is 0 Å². The molecule has 0 aromatic heterocycles. The minimum absolute atomic E-state index is 0.110. The molecule has 1 saturated heterocycles. The van der Waals surface area contributed by atoms with Gasteiger partial charge in [-0.3, -0.25) is 0 Å². The Labute approximate surface area is 91.8 Å². The minimum atomic E-state index is -0.110. The van der Waals surface area contributed by atoms with E-state index in [-0.39, 0.29) is 6.09 Å². The summed E-state index contributed by atoms with van der Waals surface area (Å²) in [6, 6.07) is 0. The van der Waals surface area contributed by atoms with Gasteiger partial charge in [0, 0.05) is 13.1 Å². The zero-order chi connectivity index (χ0) is 10.7. The van der Waals surface area contributed by atoms with Gasteiger partial charge < -0.3 is 9.64 Å². The molecule has 2 fully saturated rings. The standard InChI is InChI=1S/C12H21NO2/c1-2-15-12(14)13-8-7-10-5-3-4-6-11(10)9-13/h10-11H,2-9H2,1H3. The number of nitrogens with zero attached hydrogens (tertiary/aromatic N) is 1. The number of amides is 1. The molecule has 2 rings (SSSR count). The van der Waals surface area contributed by atoms with Crippen LogP contribution in [0.1, 0.15) is 39.0 Å². The van der Waals surface area contributed by atoms with Crippen LogP contribution in [-0.2, 0) is 4.74 Å². The van der Waals surface area contributed by atoms with Crippen LogP contribution in [0.3, 0.4) is 0 Å². The van der Waals surface area contributed by atoms with Gasteiger partial charge in [0.15, 0.2) is 0 Å². The number of carbonyl (C=O) groups is 1. The Morgan fingerprint density at radius 1 is 1.27 bits per heavy atom. The molecule has 1 amide bonds. The Balaban J connectivity index is 1.87. The Hall–Kier alpha value is -0.730. The van der Waals surface area contributed by atoms with E-state index in [1.165, 1.54) is 32.1 Å². The second kappa shape index (κ2) is 4.86. The number of rotatable bonds is 1. The van der Waals surface area contributed by atoms with Crippen molar-refractivity contribution in [2.45, 2.75) is 39.0 Å². The summed E-state index contributed by atoms with van der Waals surface area (Å²) < 4.78 is 5.05. The maximum atomic E-state index is 11.6. The van der Waals surface area contributed by atoms with Crippen LogP contribution in [0.5, 0.6) is 0 Å². The van der Waals surface area contributed by atoms with Gasteiger partial charge >= 0.3 is 6.09 Å². The number of fused-ring (bicyclic) bond motifs is 1. The molecule has 1 heterocycles. The van der Waals surface area contributed by atoms with Crippen LogP contribution in [0, 0.1) is 11.8 Å². The number of hydrogen-bond acceptors (Lipinski definition) is 2. The topological polar surface area (TPSA) is 29.5 Å². The smallest absolute Gasteiger partial charge is 0.409 e. The predicted molar refractivity (Wildman–Crippen MR) is 58.7 cm³/mol. The number of carbonyl (C=O) groups excluding carboxylic acids is 1. The molecule has 0 spiro atoms. The zero-order valence-corrected chi connectivity index (χ0v) is 9.58. The molecule has 15 heavy (non-hydrogen) atoms. The van der Waals surface area contributed by atoms with E-state index in [0.29, 0.717) is 6.61 Å². The maximum Gasteiger partial charge on any atom is 0.409 e. The van der Waals surface area contributed by atoms with Crippen molar-refractivity contribution < 1.29 is 9.53 Å². The largest absolute Gasteiger partial charge is 0.450 e. The van der Waals surface area contributed by atoms with E-state index < -0.39 is 0 Å². The maximum absolute atomic E-state index is 11.6. The fourth-order valence-corrected chi connectivity index (χ4v) is 2.98. The summed E-state index contributed by atoms with van der Waals surface area (Å²) in [4.78, 5) is 13.5. The van der Waals surface area contributed by atoms with Crippen LogP contribution in [0.15, 0.2) is 0 Å². The lowest BCUT2D eigenvalue weighted by Gasteiger charge is -2.40. The minimum Gasteiger partial charge on any atom is -0.450 e. The van der Waals surface area contributed by atoms with Crippen molar-refractivity contribution in [3.05, 3.63) is 0 Å². The molecule has 3 heteroatoms. The number of ether oxygens (including phenoxy) is 1. The third-order valence-electron chi connectivity index (χ3n) is 3.82. The van der Waals surface area contributed by atoms with Gasteiger partial charge in [-0.1, -0.05) is 19.3 Å². The number of hydrogen-bond donors (Lipinski definition) is 0. The summed E-state index contributed by atoms with van der Waals surface area (Å²) in [5.74, 6) is 1.63. The summed E-state index contributed by atoms with van der Waals surface area (Å²) in [5, 5.41) is 0. The van der Waals surface area contributed by atoms with Crippen molar-refractivity contribution in [2.24, 2.45) is 11.8 Å². The van der Waals surface area contributed by atoms with Gasteiger partial charge in [-0.25, -0.2) is 4.79 Å². The van der Waals surface area contributed by atoms with Crippen LogP contribution in [0.2, 0.25) is 0 Å². The molecule has 2 unspecified atom stereocenters. The molecule has 0 bridgehead atoms. The van der Waals surface area contributed by atoms with Crippen LogP contribution in [0.25, 0.3) is 0 Å². The van der Waals surface area contributed by atoms with Gasteiger partial charge in [0.2, 0.25) is 0 Å². The summed E-state index contributed by atoms with van der Waals surface area (Å²) >= 11 is 0. The predicted octanol–water partition coefficient (Wildman–Crippen LogP) is 2.66. The van der Waals surface area contributed by atoms with Gasteiger partial charge in [0.05, 0.1) is 6.61 Å². The van der Waals surface area contributed by atoms with Crippen molar-refractivity contribution in [1.82, 2.24) is 4.90 Å². The molecule has 0 aromatic carbocycles. The molecule has 2 aliphatic rings. The van der Waals surface area contributed by atoms with E-state index in [2.05, 4.69) is 0 Å². The first-order valence-electron chi connectivity index (χ1n) is 6.23. The van der Waals surface area contributed by atoms with E-state index in [1.54, 1.807) is 0 Å². The normalized spacial score (nSPS) is 30.9. The molecule has 0 aromatic rings. The first-order valence-corrected chi connectivity index (χ1v) is 6.23. The fraction of sp³-hybridized carbons (Fsp3) is 0.917. The van der Waals surface area contributed by atoms with Gasteiger partial charge in [-0.15, -0.1) is 0 Å². The van der Waals surface area contributed by atoms with Gasteiger partial charge in [-0.05, 0) is 31.6 Å². The molecular formula is C12H21NO2. The summed E-state index contributed by atoms with van der Waals surface area (Å²) in [7, 11) is 0. The third kappa shape index (κ3) is 2.44. The highest BCUT2D eigenvalue weighted by molar-refractivity contribution is 5.67. The highest BCUT2D eigenvalue weighted by atomic mass is 16.6. The van der Waals surface area contributed by atoms with E-state index in [0.717, 1.165) is 24.9 Å². The first kappa shape index (κ1) is 10.8. The average Bonchev–Trinajstić information content (AvgIpc) is 2.29. The van der Waals surface area contributed by atoms with Crippen molar-refractivity contribution in [3.8, 4) is 0 Å². The third-order valence-corrected chi connectivity index (χ3v) is 3.82. The van der Waals surface area contributed by atoms with Crippen molar-refractivity contribution >= 4 is 6.09 Å². The molecule has 86 valence electrons. The van der Waals surface area contributed by atoms with E-state index in [9.17, 15) is 4.79 Å². The summed E-state index contributed by atoms with van der Waals surface area (Å²) in [6.45, 7) is 4.19. The fourth-order valence-electron chi connectivity index (χ4n) is 2.98. The Kier molecular flexibility index (Phi) is 3.49. The molecule has 1 aliphatic carbocycles. The van der Waals surface area contributed by atoms with Gasteiger partial charge in [-0.2, -0.15) is 0 Å². The highest BCUT2D eigenvalue weighted by Gasteiger charge is 2.33. The van der Waals surface area contributed by atoms with E-state index >= 15 is 0 Å². The molecule has 0 radical (unpaired) electrons. The van der Waals surface area contributed by atoms with Crippen LogP contribution in [0.4, 0.5) is 4.79 Å². The van der Waals surface area contributed by atoms with Crippen LogP contribution in [-0.4, -0.2) is 30.7 Å². The Bertz CT molecular complexity index is 230. The quantitative estimate of drug-likeness (QED) is 0.667. The molecule has 3 nitrogen and oxygen atoms in total. The molecule has 1 saturated carbocycles. The monoisotopic (exact) mass is 211 g/mol. The first-order chi connectivity index (χ1) is 7.31. The van der Waals surface area contributed by atoms with Crippen molar-refractivity contribution in [3.63, 3.8) is 0 Å². The molecule has 0 N–H and O–H groups in total. The summed E-state index contributed by atoms with van der Waals surface area (Å²) in [6.07, 6.45) is 6.49. The van der Waals surface area contributed by atoms with Crippen molar-refractivity contribution in [1.29, 1.82) is 0 Å². The molecule has 2 atom stereocenters. The lowest BCUT2D eigenvalue weighted by Crippen LogP contribution is -2.44. The summed E-state index contributed by atoms with van der Waals surface area (Å²) in [5.41, 5.74) is 0. The lowest BCUT2D eigenvalue weighted by atomic mass is 9.75. The number of likely N-dealkylation sites (tertiary alicyclic amines) is 1. The van der Waals surface area contributed by atoms with Crippen molar-refractivity contribution in [2.75, 3.05) is 19.7 Å². The second-order valence-electron chi connectivity index (χ2n) is 4.74. The lowest BCUT2D eigenvalue weighted by molar-refractivity contribution is 0.0587. The van der Waals surface area contributed by atoms with Gasteiger partial charge in [0.25, 0.3) is 0 Å². The van der Waals surface area contributed by atoms with E-state index in [4.69, 9.17) is 4.74 Å². The number of piperidine rings is 1. The van der Waals surface area contributed by atoms with Gasteiger partial charge in [0.1, 0.15) is 0 Å². The SMILES string of the molecule is CCOC(=O)N1CCC2CCCCC2C1. The molecule has 1 aliphatic heterocycles. The van der Waals surface area contributed by atoms with Crippen LogP contribution >= 0.6 is 0 Å². The Morgan fingerprint density at radius 3 is 2.73 bits per heavy atom. The average molecular weight is 211 g/mol. The molecular weight excluding hydrogens is 190 g/mol. The Morgan fingerprint density at radius 2 is 2.00 bits per heavy atom. The zero-order valence-electron chi connectivity index (χ0n) is 9.58. The second-order valence-corrected chi connectivity index (χ2v) is 4.74. The highest BCUT2D eigenvalue weighted by Crippen LogP contribution is 2.36.